The number of hydrogen-bond acceptors (Lipinski definition) is 4. The highest BCUT2D eigenvalue weighted by Crippen LogP contribution is 2.27. The first-order chi connectivity index (χ1) is 8.69. The van der Waals surface area contributed by atoms with Crippen molar-refractivity contribution in [3.8, 4) is 5.75 Å². The van der Waals surface area contributed by atoms with Crippen LogP contribution in [0.2, 0.25) is 0 Å². The molecule has 3 nitrogen and oxygen atoms in total. The molecule has 0 atom stereocenters. The van der Waals surface area contributed by atoms with E-state index >= 15 is 0 Å². The lowest BCUT2D eigenvalue weighted by Crippen LogP contribution is -2.03. The van der Waals surface area contributed by atoms with Gasteiger partial charge in [0, 0.05) is 5.38 Å². The molecular weight excluding hydrogens is 312 g/mol. The molecule has 0 amide bonds. The van der Waals surface area contributed by atoms with Crippen molar-refractivity contribution in [3.63, 3.8) is 0 Å². The smallest absolute Gasteiger partial charge is 0.134 e. The van der Waals surface area contributed by atoms with Gasteiger partial charge in [0.25, 0.3) is 0 Å². The second-order valence-electron chi connectivity index (χ2n) is 3.95. The summed E-state index contributed by atoms with van der Waals surface area (Å²) in [6.45, 7) is 3.15. The summed E-state index contributed by atoms with van der Waals surface area (Å²) in [4.78, 5) is 4.36. The van der Waals surface area contributed by atoms with Crippen LogP contribution in [0.4, 0.5) is 0 Å². The zero-order chi connectivity index (χ0) is 13.0. The number of nitrogens with two attached hydrogens (primary N) is 1. The molecule has 0 aliphatic heterocycles. The van der Waals surface area contributed by atoms with E-state index < -0.39 is 0 Å². The Morgan fingerprint density at radius 3 is 2.89 bits per heavy atom. The van der Waals surface area contributed by atoms with E-state index in [9.17, 15) is 0 Å². The Morgan fingerprint density at radius 1 is 1.44 bits per heavy atom. The zero-order valence-electron chi connectivity index (χ0n) is 10.1. The van der Waals surface area contributed by atoms with Crippen molar-refractivity contribution in [2.45, 2.75) is 20.0 Å². The van der Waals surface area contributed by atoms with Gasteiger partial charge in [-0.3, -0.25) is 0 Å². The molecular formula is C13H15BrN2OS. The summed E-state index contributed by atoms with van der Waals surface area (Å²) in [5.74, 6) is 0.835. The molecule has 0 radical (unpaired) electrons. The molecule has 0 aliphatic carbocycles. The maximum atomic E-state index is 5.74. The summed E-state index contributed by atoms with van der Waals surface area (Å²) >= 11 is 5.15. The predicted molar refractivity (Wildman–Crippen MR) is 78.1 cm³/mol. The number of ether oxygens (including phenoxy) is 1. The normalized spacial score (nSPS) is 10.6. The van der Waals surface area contributed by atoms with Crippen LogP contribution in [0.3, 0.4) is 0 Å². The van der Waals surface area contributed by atoms with Gasteiger partial charge in [0.15, 0.2) is 0 Å². The molecule has 0 saturated carbocycles. The summed E-state index contributed by atoms with van der Waals surface area (Å²) in [6.07, 6.45) is 0.879. The summed E-state index contributed by atoms with van der Waals surface area (Å²) in [6, 6.07) is 6.06. The first-order valence-electron chi connectivity index (χ1n) is 5.71. The molecule has 1 heterocycles. The molecule has 0 bridgehead atoms. The maximum absolute atomic E-state index is 5.74. The summed E-state index contributed by atoms with van der Waals surface area (Å²) in [5.41, 5.74) is 7.71. The molecule has 2 N–H and O–H groups in total. The highest BCUT2D eigenvalue weighted by Gasteiger charge is 2.04. The van der Waals surface area contributed by atoms with Crippen LogP contribution in [0.25, 0.3) is 0 Å². The quantitative estimate of drug-likeness (QED) is 0.917. The van der Waals surface area contributed by atoms with Gasteiger partial charge >= 0.3 is 0 Å². The second kappa shape index (κ2) is 6.31. The Kier molecular flexibility index (Phi) is 4.74. The standard InChI is InChI=1S/C13H15BrN2OS/c1-9-16-11(8-18-9)7-17-13-3-2-10(4-5-15)6-12(13)14/h2-3,6,8H,4-5,7,15H2,1H3. The van der Waals surface area contributed by atoms with Gasteiger partial charge in [-0.15, -0.1) is 11.3 Å². The number of aromatic nitrogens is 1. The fraction of sp³-hybridized carbons (Fsp3) is 0.308. The minimum Gasteiger partial charge on any atom is -0.486 e. The average molecular weight is 327 g/mol. The van der Waals surface area contributed by atoms with Crippen LogP contribution in [0.5, 0.6) is 5.75 Å². The van der Waals surface area contributed by atoms with Gasteiger partial charge in [-0.25, -0.2) is 4.98 Å². The van der Waals surface area contributed by atoms with Gasteiger partial charge in [-0.2, -0.15) is 0 Å². The maximum Gasteiger partial charge on any atom is 0.134 e. The van der Waals surface area contributed by atoms with Gasteiger partial charge in [-0.1, -0.05) is 6.07 Å². The van der Waals surface area contributed by atoms with Crippen molar-refractivity contribution in [1.82, 2.24) is 4.98 Å². The third-order valence-electron chi connectivity index (χ3n) is 2.47. The summed E-state index contributed by atoms with van der Waals surface area (Å²) in [7, 11) is 0. The minimum absolute atomic E-state index is 0.499. The van der Waals surface area contributed by atoms with Crippen molar-refractivity contribution in [2.75, 3.05) is 6.54 Å². The van der Waals surface area contributed by atoms with E-state index in [2.05, 4.69) is 27.0 Å². The number of rotatable bonds is 5. The molecule has 1 aromatic carbocycles. The van der Waals surface area contributed by atoms with E-state index in [0.717, 1.165) is 27.3 Å². The Morgan fingerprint density at radius 2 is 2.28 bits per heavy atom. The monoisotopic (exact) mass is 326 g/mol. The minimum atomic E-state index is 0.499. The molecule has 0 saturated heterocycles. The largest absolute Gasteiger partial charge is 0.486 e. The molecule has 0 fully saturated rings. The number of thiazole rings is 1. The molecule has 96 valence electrons. The van der Waals surface area contributed by atoms with Gasteiger partial charge in [0.1, 0.15) is 12.4 Å². The Bertz CT molecular complexity index is 527. The fourth-order valence-corrected chi connectivity index (χ4v) is 2.75. The Labute approximate surface area is 119 Å². The van der Waals surface area contributed by atoms with Crippen molar-refractivity contribution in [1.29, 1.82) is 0 Å². The van der Waals surface area contributed by atoms with Crippen LogP contribution >= 0.6 is 27.3 Å². The molecule has 0 aliphatic rings. The molecule has 2 aromatic rings. The van der Waals surface area contributed by atoms with Crippen LogP contribution in [0.1, 0.15) is 16.3 Å². The molecule has 18 heavy (non-hydrogen) atoms. The van der Waals surface area contributed by atoms with E-state index in [1.54, 1.807) is 11.3 Å². The van der Waals surface area contributed by atoms with Gasteiger partial charge in [0.2, 0.25) is 0 Å². The summed E-state index contributed by atoms with van der Waals surface area (Å²) < 4.78 is 6.69. The zero-order valence-corrected chi connectivity index (χ0v) is 12.6. The third kappa shape index (κ3) is 3.54. The first kappa shape index (κ1) is 13.5. The third-order valence-corrected chi connectivity index (χ3v) is 3.91. The summed E-state index contributed by atoms with van der Waals surface area (Å²) in [5, 5.41) is 3.08. The van der Waals surface area contributed by atoms with Gasteiger partial charge in [-0.05, 0) is 53.5 Å². The van der Waals surface area contributed by atoms with Crippen molar-refractivity contribution >= 4 is 27.3 Å². The van der Waals surface area contributed by atoms with Crippen LogP contribution in [0.15, 0.2) is 28.1 Å². The lowest BCUT2D eigenvalue weighted by Gasteiger charge is -2.08. The number of aryl methyl sites for hydroxylation is 1. The second-order valence-corrected chi connectivity index (χ2v) is 5.87. The number of halogens is 1. The van der Waals surface area contributed by atoms with Crippen LogP contribution in [0, 0.1) is 6.92 Å². The topological polar surface area (TPSA) is 48.1 Å². The lowest BCUT2D eigenvalue weighted by atomic mass is 10.1. The highest BCUT2D eigenvalue weighted by atomic mass is 79.9. The Balaban J connectivity index is 2.01. The SMILES string of the molecule is Cc1nc(COc2ccc(CCN)cc2Br)cs1. The molecule has 2 rings (SSSR count). The van der Waals surface area contributed by atoms with Crippen molar-refractivity contribution < 1.29 is 4.74 Å². The van der Waals surface area contributed by atoms with E-state index in [0.29, 0.717) is 13.2 Å². The number of nitrogens with zero attached hydrogens (tertiary/aromatic N) is 1. The number of benzene rings is 1. The van der Waals surface area contributed by atoms with E-state index in [-0.39, 0.29) is 0 Å². The van der Waals surface area contributed by atoms with Crippen LogP contribution in [-0.2, 0) is 13.0 Å². The van der Waals surface area contributed by atoms with Crippen LogP contribution < -0.4 is 10.5 Å². The number of hydrogen-bond donors (Lipinski definition) is 1. The fourth-order valence-electron chi connectivity index (χ4n) is 1.61. The average Bonchev–Trinajstić information content (AvgIpc) is 2.74. The highest BCUT2D eigenvalue weighted by molar-refractivity contribution is 9.10. The molecule has 0 unspecified atom stereocenters. The predicted octanol–water partition coefficient (Wildman–Crippen LogP) is 3.29. The van der Waals surface area contributed by atoms with E-state index in [4.69, 9.17) is 10.5 Å². The molecule has 0 spiro atoms. The van der Waals surface area contributed by atoms with Gasteiger partial charge < -0.3 is 10.5 Å². The van der Waals surface area contributed by atoms with Crippen LogP contribution in [-0.4, -0.2) is 11.5 Å². The molecule has 1 aromatic heterocycles. The van der Waals surface area contributed by atoms with Crippen molar-refractivity contribution in [2.24, 2.45) is 5.73 Å². The first-order valence-corrected chi connectivity index (χ1v) is 7.38. The van der Waals surface area contributed by atoms with E-state index in [1.165, 1.54) is 5.56 Å². The Hall–Kier alpha value is -0.910. The van der Waals surface area contributed by atoms with Crippen molar-refractivity contribution in [3.05, 3.63) is 44.3 Å². The molecule has 5 heteroatoms. The van der Waals surface area contributed by atoms with Gasteiger partial charge in [0.05, 0.1) is 15.2 Å². The lowest BCUT2D eigenvalue weighted by molar-refractivity contribution is 0.300. The van der Waals surface area contributed by atoms with E-state index in [1.807, 2.05) is 24.4 Å².